The molecule has 2 fully saturated rings. The van der Waals surface area contributed by atoms with Crippen LogP contribution in [-0.2, 0) is 19.1 Å². The van der Waals surface area contributed by atoms with Crippen molar-refractivity contribution in [2.45, 2.75) is 63.8 Å². The van der Waals surface area contributed by atoms with Crippen molar-refractivity contribution in [3.63, 3.8) is 0 Å². The molecule has 2 aliphatic carbocycles. The Morgan fingerprint density at radius 3 is 1.36 bits per heavy atom. The Morgan fingerprint density at radius 2 is 1.07 bits per heavy atom. The van der Waals surface area contributed by atoms with Crippen LogP contribution in [0.15, 0.2) is 24.3 Å². The monoisotopic (exact) mass is 388 g/mol. The normalized spacial score (nSPS) is 17.8. The number of rotatable bonds is 8. The second-order valence-corrected chi connectivity index (χ2v) is 7.24. The fourth-order valence-corrected chi connectivity index (χ4v) is 2.40. The number of esters is 2. The Bertz CT molecular complexity index is 702. The van der Waals surface area contributed by atoms with Crippen LogP contribution in [0.3, 0.4) is 0 Å². The molecular weight excluding hydrogens is 364 g/mol. The van der Waals surface area contributed by atoms with Gasteiger partial charge in [-0.1, -0.05) is 0 Å². The van der Waals surface area contributed by atoms with Crippen LogP contribution in [0.25, 0.3) is 0 Å². The van der Waals surface area contributed by atoms with E-state index in [0.29, 0.717) is 0 Å². The molecule has 0 spiro atoms. The average Bonchev–Trinajstić information content (AvgIpc) is 3.58. The van der Waals surface area contributed by atoms with Gasteiger partial charge in [-0.05, 0) is 63.8 Å². The summed E-state index contributed by atoms with van der Waals surface area (Å²) in [5, 5.41) is 5.53. The van der Waals surface area contributed by atoms with Gasteiger partial charge in [0.1, 0.15) is 0 Å². The quantitative estimate of drug-likeness (QED) is 0.650. The van der Waals surface area contributed by atoms with Crippen molar-refractivity contribution in [2.75, 3.05) is 0 Å². The summed E-state index contributed by atoms with van der Waals surface area (Å²) >= 11 is 0. The predicted octanol–water partition coefficient (Wildman–Crippen LogP) is 1.33. The number of carbonyl (C=O) groups excluding carboxylic acids is 4. The molecule has 2 atom stereocenters. The van der Waals surface area contributed by atoms with Gasteiger partial charge in [-0.2, -0.15) is 0 Å². The minimum Gasteiger partial charge on any atom is -0.449 e. The highest BCUT2D eigenvalue weighted by molar-refractivity contribution is 5.95. The minimum atomic E-state index is -0.899. The van der Waals surface area contributed by atoms with E-state index in [2.05, 4.69) is 10.6 Å². The fraction of sp³-hybridized carbons (Fsp3) is 0.500. The number of amides is 2. The molecule has 0 saturated heterocycles. The summed E-state index contributed by atoms with van der Waals surface area (Å²) < 4.78 is 10.3. The SMILES string of the molecule is C[C@H](OC(=O)c1ccc(C(=O)O[C@H](C)C(=O)NC2CC2)cc1)C(=O)NC1CC1. The summed E-state index contributed by atoms with van der Waals surface area (Å²) in [4.78, 5) is 48.0. The second-order valence-electron chi connectivity index (χ2n) is 7.24. The highest BCUT2D eigenvalue weighted by Gasteiger charge is 2.28. The fourth-order valence-electron chi connectivity index (χ4n) is 2.40. The summed E-state index contributed by atoms with van der Waals surface area (Å²) in [5.41, 5.74) is 0.421. The number of benzene rings is 1. The molecule has 1 aromatic carbocycles. The molecule has 0 heterocycles. The summed E-state index contributed by atoms with van der Waals surface area (Å²) in [5.74, 6) is -1.96. The van der Waals surface area contributed by atoms with Crippen molar-refractivity contribution in [1.29, 1.82) is 0 Å². The van der Waals surface area contributed by atoms with Gasteiger partial charge in [0.2, 0.25) is 0 Å². The first-order valence-electron chi connectivity index (χ1n) is 9.46. The van der Waals surface area contributed by atoms with Crippen molar-refractivity contribution in [1.82, 2.24) is 10.6 Å². The van der Waals surface area contributed by atoms with E-state index in [1.54, 1.807) is 0 Å². The van der Waals surface area contributed by atoms with Crippen LogP contribution in [0.5, 0.6) is 0 Å². The smallest absolute Gasteiger partial charge is 0.338 e. The zero-order valence-corrected chi connectivity index (χ0v) is 15.9. The maximum absolute atomic E-state index is 12.1. The van der Waals surface area contributed by atoms with Gasteiger partial charge >= 0.3 is 11.9 Å². The topological polar surface area (TPSA) is 111 Å². The van der Waals surface area contributed by atoms with Gasteiger partial charge in [0, 0.05) is 12.1 Å². The first-order chi connectivity index (χ1) is 13.3. The summed E-state index contributed by atoms with van der Waals surface area (Å²) in [7, 11) is 0. The Balaban J connectivity index is 1.49. The Kier molecular flexibility index (Phi) is 5.96. The summed E-state index contributed by atoms with van der Waals surface area (Å²) in [6.07, 6.45) is 2.00. The standard InChI is InChI=1S/C20H24N2O6/c1-11(17(23)21-15-7-8-15)27-19(25)13-3-5-14(6-4-13)20(26)28-12(2)18(24)22-16-9-10-16/h3-6,11-12,15-16H,7-10H2,1-2H3,(H,21,23)(H,22,24)/t11-,12+. The van der Waals surface area contributed by atoms with Crippen LogP contribution in [0.4, 0.5) is 0 Å². The second kappa shape index (κ2) is 8.41. The van der Waals surface area contributed by atoms with Gasteiger partial charge in [-0.3, -0.25) is 9.59 Å². The van der Waals surface area contributed by atoms with E-state index >= 15 is 0 Å². The maximum atomic E-state index is 12.1. The third-order valence-electron chi connectivity index (χ3n) is 4.51. The number of hydrogen-bond donors (Lipinski definition) is 2. The lowest BCUT2D eigenvalue weighted by Gasteiger charge is -2.14. The number of nitrogens with one attached hydrogen (secondary N) is 2. The molecule has 2 aliphatic rings. The summed E-state index contributed by atoms with van der Waals surface area (Å²) in [6, 6.07) is 6.04. The molecule has 2 N–H and O–H groups in total. The van der Waals surface area contributed by atoms with Gasteiger partial charge in [0.25, 0.3) is 11.8 Å². The van der Waals surface area contributed by atoms with E-state index in [4.69, 9.17) is 9.47 Å². The zero-order chi connectivity index (χ0) is 20.3. The highest BCUT2D eigenvalue weighted by Crippen LogP contribution is 2.20. The van der Waals surface area contributed by atoms with Gasteiger partial charge in [0.15, 0.2) is 12.2 Å². The first kappa shape index (κ1) is 19.9. The molecule has 0 bridgehead atoms. The molecule has 1 aromatic rings. The number of carbonyl (C=O) groups is 4. The van der Waals surface area contributed by atoms with Crippen molar-refractivity contribution >= 4 is 23.8 Å². The van der Waals surface area contributed by atoms with Crippen molar-refractivity contribution in [2.24, 2.45) is 0 Å². The molecule has 3 rings (SSSR count). The molecule has 0 radical (unpaired) electrons. The van der Waals surface area contributed by atoms with E-state index in [1.807, 2.05) is 0 Å². The zero-order valence-electron chi connectivity index (χ0n) is 15.9. The third kappa shape index (κ3) is 5.55. The molecule has 8 heteroatoms. The van der Waals surface area contributed by atoms with E-state index < -0.39 is 24.1 Å². The van der Waals surface area contributed by atoms with Gasteiger partial charge in [-0.25, -0.2) is 9.59 Å². The summed E-state index contributed by atoms with van der Waals surface area (Å²) in [6.45, 7) is 3.02. The van der Waals surface area contributed by atoms with Crippen LogP contribution in [0.2, 0.25) is 0 Å². The molecule has 0 aromatic heterocycles. The Labute approximate surface area is 163 Å². The van der Waals surface area contributed by atoms with Crippen molar-refractivity contribution in [3.05, 3.63) is 35.4 Å². The van der Waals surface area contributed by atoms with E-state index in [1.165, 1.54) is 38.1 Å². The largest absolute Gasteiger partial charge is 0.449 e. The van der Waals surface area contributed by atoms with E-state index in [0.717, 1.165) is 25.7 Å². The lowest BCUT2D eigenvalue weighted by atomic mass is 10.1. The van der Waals surface area contributed by atoms with Crippen LogP contribution >= 0.6 is 0 Å². The van der Waals surface area contributed by atoms with Crippen LogP contribution < -0.4 is 10.6 Å². The van der Waals surface area contributed by atoms with Gasteiger partial charge in [-0.15, -0.1) is 0 Å². The van der Waals surface area contributed by atoms with Gasteiger partial charge in [0.05, 0.1) is 11.1 Å². The molecule has 2 amide bonds. The highest BCUT2D eigenvalue weighted by atomic mass is 16.6. The van der Waals surface area contributed by atoms with Crippen LogP contribution in [-0.4, -0.2) is 48.0 Å². The lowest BCUT2D eigenvalue weighted by molar-refractivity contribution is -0.129. The molecule has 0 aliphatic heterocycles. The van der Waals surface area contributed by atoms with Crippen molar-refractivity contribution < 1.29 is 28.7 Å². The lowest BCUT2D eigenvalue weighted by Crippen LogP contribution is -2.37. The molecular formula is C20H24N2O6. The Hall–Kier alpha value is -2.90. The molecule has 2 saturated carbocycles. The molecule has 150 valence electrons. The van der Waals surface area contributed by atoms with E-state index in [9.17, 15) is 19.2 Å². The molecule has 28 heavy (non-hydrogen) atoms. The first-order valence-corrected chi connectivity index (χ1v) is 9.46. The maximum Gasteiger partial charge on any atom is 0.338 e. The third-order valence-corrected chi connectivity index (χ3v) is 4.51. The van der Waals surface area contributed by atoms with Crippen molar-refractivity contribution in [3.8, 4) is 0 Å². The number of ether oxygens (including phenoxy) is 2. The molecule has 0 unspecified atom stereocenters. The minimum absolute atomic E-state index is 0.188. The Morgan fingerprint density at radius 1 is 0.750 bits per heavy atom. The average molecular weight is 388 g/mol. The number of hydrogen-bond acceptors (Lipinski definition) is 6. The van der Waals surface area contributed by atoms with Gasteiger partial charge < -0.3 is 20.1 Å². The molecule has 8 nitrogen and oxygen atoms in total. The predicted molar refractivity (Wildman–Crippen MR) is 98.5 cm³/mol. The van der Waals surface area contributed by atoms with Crippen LogP contribution in [0.1, 0.15) is 60.2 Å². The van der Waals surface area contributed by atoms with Crippen LogP contribution in [0, 0.1) is 0 Å². The van der Waals surface area contributed by atoms with E-state index in [-0.39, 0.29) is 35.0 Å².